The highest BCUT2D eigenvalue weighted by molar-refractivity contribution is 7.12. The van der Waals surface area contributed by atoms with Crippen LogP contribution in [0.25, 0.3) is 0 Å². The molecule has 1 aromatic heterocycles. The molecule has 22 heavy (non-hydrogen) atoms. The Balaban J connectivity index is 2.18. The number of thiophene rings is 1. The topological polar surface area (TPSA) is 75.6 Å². The van der Waals surface area contributed by atoms with E-state index in [1.54, 1.807) is 19.2 Å². The van der Waals surface area contributed by atoms with Gasteiger partial charge in [-0.05, 0) is 17.0 Å². The van der Waals surface area contributed by atoms with Crippen LogP contribution in [0.1, 0.15) is 33.3 Å². The number of rotatable bonds is 7. The van der Waals surface area contributed by atoms with E-state index in [0.717, 1.165) is 11.1 Å². The quantitative estimate of drug-likeness (QED) is 0.823. The number of methoxy groups -OCH3 is 1. The maximum Gasteiger partial charge on any atom is 0.305 e. The van der Waals surface area contributed by atoms with E-state index in [0.29, 0.717) is 11.5 Å². The van der Waals surface area contributed by atoms with Gasteiger partial charge >= 0.3 is 5.97 Å². The molecule has 0 saturated heterocycles. The average Bonchev–Trinajstić information content (AvgIpc) is 2.96. The Hall–Kier alpha value is -2.18. The minimum atomic E-state index is -0.961. The maximum absolute atomic E-state index is 12.4. The molecule has 2 aromatic rings. The van der Waals surface area contributed by atoms with Gasteiger partial charge in [0, 0.05) is 12.7 Å². The van der Waals surface area contributed by atoms with Crippen molar-refractivity contribution in [2.75, 3.05) is 7.11 Å². The Labute approximate surface area is 132 Å². The molecule has 0 saturated carbocycles. The van der Waals surface area contributed by atoms with E-state index in [-0.39, 0.29) is 12.3 Å². The molecular formula is C16H17NO4S. The van der Waals surface area contributed by atoms with Gasteiger partial charge in [0.2, 0.25) is 0 Å². The number of amides is 1. The van der Waals surface area contributed by atoms with Crippen molar-refractivity contribution in [2.45, 2.75) is 19.1 Å². The van der Waals surface area contributed by atoms with E-state index in [1.165, 1.54) is 11.3 Å². The summed E-state index contributed by atoms with van der Waals surface area (Å²) in [6.45, 7) is 0.348. The lowest BCUT2D eigenvalue weighted by molar-refractivity contribution is -0.137. The van der Waals surface area contributed by atoms with Crippen LogP contribution in [0.5, 0.6) is 0 Å². The molecule has 0 bridgehead atoms. The first-order chi connectivity index (χ1) is 10.6. The Kier molecular flexibility index (Phi) is 5.68. The first-order valence-electron chi connectivity index (χ1n) is 6.74. The molecule has 6 heteroatoms. The van der Waals surface area contributed by atoms with Crippen molar-refractivity contribution in [2.24, 2.45) is 0 Å². The van der Waals surface area contributed by atoms with Crippen molar-refractivity contribution in [3.63, 3.8) is 0 Å². The molecule has 0 radical (unpaired) electrons. The third kappa shape index (κ3) is 4.16. The summed E-state index contributed by atoms with van der Waals surface area (Å²) >= 11 is 1.31. The van der Waals surface area contributed by atoms with Gasteiger partial charge in [0.15, 0.2) is 0 Å². The van der Waals surface area contributed by atoms with Crippen LogP contribution in [-0.4, -0.2) is 24.1 Å². The molecule has 5 nitrogen and oxygen atoms in total. The number of hydrogen-bond acceptors (Lipinski definition) is 4. The molecule has 1 heterocycles. The van der Waals surface area contributed by atoms with Crippen LogP contribution in [0, 0.1) is 0 Å². The van der Waals surface area contributed by atoms with Crippen molar-refractivity contribution >= 4 is 23.2 Å². The van der Waals surface area contributed by atoms with Crippen LogP contribution in [0.4, 0.5) is 0 Å². The van der Waals surface area contributed by atoms with Crippen molar-refractivity contribution in [1.29, 1.82) is 0 Å². The van der Waals surface area contributed by atoms with Gasteiger partial charge in [-0.2, -0.15) is 0 Å². The van der Waals surface area contributed by atoms with Gasteiger partial charge in [0.25, 0.3) is 5.91 Å². The molecule has 0 spiro atoms. The molecule has 116 valence electrons. The summed E-state index contributed by atoms with van der Waals surface area (Å²) in [6, 6.07) is 10.4. The molecule has 1 aromatic carbocycles. The molecule has 2 N–H and O–H groups in total. The van der Waals surface area contributed by atoms with Crippen LogP contribution in [0.2, 0.25) is 0 Å². The fourth-order valence-corrected chi connectivity index (χ4v) is 2.95. The number of nitrogens with one attached hydrogen (secondary N) is 1. The fraction of sp³-hybridized carbons (Fsp3) is 0.250. The molecule has 0 aliphatic rings. The first kappa shape index (κ1) is 16.2. The van der Waals surface area contributed by atoms with Gasteiger partial charge < -0.3 is 15.2 Å². The number of carbonyl (C=O) groups is 2. The number of carboxylic acids is 1. The molecule has 1 atom stereocenters. The summed E-state index contributed by atoms with van der Waals surface area (Å²) in [6.07, 6.45) is -0.166. The molecular weight excluding hydrogens is 302 g/mol. The molecule has 1 unspecified atom stereocenters. The Morgan fingerprint density at radius 1 is 1.27 bits per heavy atom. The third-order valence-electron chi connectivity index (χ3n) is 3.14. The predicted molar refractivity (Wildman–Crippen MR) is 83.9 cm³/mol. The Morgan fingerprint density at radius 2 is 2.00 bits per heavy atom. The average molecular weight is 319 g/mol. The monoisotopic (exact) mass is 319 g/mol. The SMILES string of the molecule is COCc1ccsc1C(=O)NC(CC(=O)O)c1ccccc1. The van der Waals surface area contributed by atoms with Crippen molar-refractivity contribution in [3.8, 4) is 0 Å². The van der Waals surface area contributed by atoms with Crippen LogP contribution in [0.15, 0.2) is 41.8 Å². The molecule has 0 aliphatic carbocycles. The molecule has 2 rings (SSSR count). The molecule has 0 aliphatic heterocycles. The molecule has 0 fully saturated rings. The minimum absolute atomic E-state index is 0.166. The number of ether oxygens (including phenoxy) is 1. The lowest BCUT2D eigenvalue weighted by Gasteiger charge is -2.17. The number of aliphatic carboxylic acids is 1. The standard InChI is InChI=1S/C16H17NO4S/c1-21-10-12-7-8-22-15(12)16(20)17-13(9-14(18)19)11-5-3-2-4-6-11/h2-8,13H,9-10H2,1H3,(H,17,20)(H,18,19). The minimum Gasteiger partial charge on any atom is -0.481 e. The zero-order valence-corrected chi connectivity index (χ0v) is 12.9. The Morgan fingerprint density at radius 3 is 2.64 bits per heavy atom. The van der Waals surface area contributed by atoms with Gasteiger partial charge in [0.05, 0.1) is 23.9 Å². The highest BCUT2D eigenvalue weighted by atomic mass is 32.1. The lowest BCUT2D eigenvalue weighted by Crippen LogP contribution is -2.30. The number of hydrogen-bond donors (Lipinski definition) is 2. The van der Waals surface area contributed by atoms with Gasteiger partial charge in [0.1, 0.15) is 0 Å². The van der Waals surface area contributed by atoms with E-state index < -0.39 is 12.0 Å². The number of benzene rings is 1. The van der Waals surface area contributed by atoms with Gasteiger partial charge in [-0.15, -0.1) is 11.3 Å². The smallest absolute Gasteiger partial charge is 0.305 e. The van der Waals surface area contributed by atoms with Crippen molar-refractivity contribution in [3.05, 3.63) is 57.8 Å². The summed E-state index contributed by atoms with van der Waals surface area (Å²) in [5.74, 6) is -1.24. The first-order valence-corrected chi connectivity index (χ1v) is 7.62. The zero-order valence-electron chi connectivity index (χ0n) is 12.1. The second-order valence-electron chi connectivity index (χ2n) is 4.74. The van der Waals surface area contributed by atoms with E-state index in [2.05, 4.69) is 5.32 Å². The van der Waals surface area contributed by atoms with E-state index in [1.807, 2.05) is 29.6 Å². The fourth-order valence-electron chi connectivity index (χ4n) is 2.14. The summed E-state index contributed by atoms with van der Waals surface area (Å²) in [4.78, 5) is 24.0. The van der Waals surface area contributed by atoms with E-state index in [4.69, 9.17) is 9.84 Å². The normalized spacial score (nSPS) is 11.9. The summed E-state index contributed by atoms with van der Waals surface area (Å²) in [7, 11) is 1.57. The summed E-state index contributed by atoms with van der Waals surface area (Å²) < 4.78 is 5.06. The van der Waals surface area contributed by atoms with Crippen LogP contribution < -0.4 is 5.32 Å². The van der Waals surface area contributed by atoms with Crippen LogP contribution in [0.3, 0.4) is 0 Å². The van der Waals surface area contributed by atoms with Gasteiger partial charge in [-0.3, -0.25) is 9.59 Å². The van der Waals surface area contributed by atoms with Crippen LogP contribution >= 0.6 is 11.3 Å². The highest BCUT2D eigenvalue weighted by Crippen LogP contribution is 2.21. The number of carbonyl (C=O) groups excluding carboxylic acids is 1. The van der Waals surface area contributed by atoms with E-state index in [9.17, 15) is 9.59 Å². The largest absolute Gasteiger partial charge is 0.481 e. The van der Waals surface area contributed by atoms with Crippen molar-refractivity contribution in [1.82, 2.24) is 5.32 Å². The van der Waals surface area contributed by atoms with E-state index >= 15 is 0 Å². The summed E-state index contributed by atoms with van der Waals surface area (Å²) in [5, 5.41) is 13.7. The van der Waals surface area contributed by atoms with Crippen molar-refractivity contribution < 1.29 is 19.4 Å². The second-order valence-corrected chi connectivity index (χ2v) is 5.66. The predicted octanol–water partition coefficient (Wildman–Crippen LogP) is 2.84. The third-order valence-corrected chi connectivity index (χ3v) is 4.09. The highest BCUT2D eigenvalue weighted by Gasteiger charge is 2.21. The summed E-state index contributed by atoms with van der Waals surface area (Å²) in [5.41, 5.74) is 1.57. The number of carboxylic acid groups (broad SMARTS) is 1. The van der Waals surface area contributed by atoms with Gasteiger partial charge in [-0.25, -0.2) is 0 Å². The zero-order chi connectivity index (χ0) is 15.9. The lowest BCUT2D eigenvalue weighted by atomic mass is 10.0. The maximum atomic E-state index is 12.4. The Bertz CT molecular complexity index is 639. The van der Waals surface area contributed by atoms with Crippen LogP contribution in [-0.2, 0) is 16.1 Å². The van der Waals surface area contributed by atoms with Gasteiger partial charge in [-0.1, -0.05) is 30.3 Å². The molecule has 1 amide bonds. The second kappa shape index (κ2) is 7.72.